The third kappa shape index (κ3) is 6.90. The molecule has 0 heterocycles. The molecular formula is C11H24O3S. The van der Waals surface area contributed by atoms with E-state index in [2.05, 4.69) is 6.92 Å². The standard InChI is InChI=1S/C11H24O3S/c1-4-5-6-7-8-9-11(12)10(2)15(3,13)14/h10-12H,4-9H2,1-3H3. The molecule has 2 unspecified atom stereocenters. The van der Waals surface area contributed by atoms with Gasteiger partial charge in [-0.05, 0) is 13.3 Å². The van der Waals surface area contributed by atoms with Crippen LogP contribution in [-0.4, -0.2) is 31.1 Å². The Morgan fingerprint density at radius 1 is 1.13 bits per heavy atom. The fraction of sp³-hybridized carbons (Fsp3) is 1.00. The molecule has 0 aliphatic heterocycles. The normalized spacial score (nSPS) is 16.3. The second-order valence-electron chi connectivity index (χ2n) is 4.30. The van der Waals surface area contributed by atoms with Crippen molar-refractivity contribution in [2.75, 3.05) is 6.26 Å². The Labute approximate surface area is 93.8 Å². The van der Waals surface area contributed by atoms with Crippen LogP contribution >= 0.6 is 0 Å². The molecule has 0 spiro atoms. The maximum atomic E-state index is 11.1. The second-order valence-corrected chi connectivity index (χ2v) is 6.71. The average molecular weight is 236 g/mol. The van der Waals surface area contributed by atoms with Crippen LogP contribution in [0.5, 0.6) is 0 Å². The monoisotopic (exact) mass is 236 g/mol. The Balaban J connectivity index is 3.70. The van der Waals surface area contributed by atoms with E-state index in [0.29, 0.717) is 6.42 Å². The molecule has 0 fully saturated rings. The van der Waals surface area contributed by atoms with Gasteiger partial charge in [-0.25, -0.2) is 8.42 Å². The molecule has 2 atom stereocenters. The van der Waals surface area contributed by atoms with Crippen molar-refractivity contribution in [1.29, 1.82) is 0 Å². The van der Waals surface area contributed by atoms with Crippen LogP contribution in [0, 0.1) is 0 Å². The first-order valence-corrected chi connectivity index (χ1v) is 7.72. The quantitative estimate of drug-likeness (QED) is 0.657. The SMILES string of the molecule is CCCCCCCC(O)C(C)S(C)(=O)=O. The molecule has 0 saturated carbocycles. The topological polar surface area (TPSA) is 54.4 Å². The van der Waals surface area contributed by atoms with Gasteiger partial charge in [-0.1, -0.05) is 39.0 Å². The molecule has 92 valence electrons. The molecule has 0 rings (SSSR count). The first kappa shape index (κ1) is 14.9. The highest BCUT2D eigenvalue weighted by molar-refractivity contribution is 7.91. The van der Waals surface area contributed by atoms with Crippen LogP contribution in [-0.2, 0) is 9.84 Å². The Morgan fingerprint density at radius 2 is 1.67 bits per heavy atom. The molecule has 15 heavy (non-hydrogen) atoms. The first-order valence-electron chi connectivity index (χ1n) is 5.76. The van der Waals surface area contributed by atoms with Gasteiger partial charge in [0, 0.05) is 6.26 Å². The Kier molecular flexibility index (Phi) is 7.18. The van der Waals surface area contributed by atoms with Crippen molar-refractivity contribution in [1.82, 2.24) is 0 Å². The van der Waals surface area contributed by atoms with Crippen LogP contribution in [0.1, 0.15) is 52.4 Å². The van der Waals surface area contributed by atoms with Gasteiger partial charge in [-0.2, -0.15) is 0 Å². The van der Waals surface area contributed by atoms with Gasteiger partial charge in [-0.15, -0.1) is 0 Å². The molecule has 0 amide bonds. The third-order valence-electron chi connectivity index (χ3n) is 2.82. The van der Waals surface area contributed by atoms with Crippen molar-refractivity contribution in [3.8, 4) is 0 Å². The molecule has 0 aliphatic rings. The van der Waals surface area contributed by atoms with Gasteiger partial charge in [0.1, 0.15) is 0 Å². The van der Waals surface area contributed by atoms with Crippen LogP contribution in [0.15, 0.2) is 0 Å². The van der Waals surface area contributed by atoms with Crippen LogP contribution < -0.4 is 0 Å². The predicted molar refractivity (Wildman–Crippen MR) is 63.7 cm³/mol. The van der Waals surface area contributed by atoms with Gasteiger partial charge in [0.15, 0.2) is 9.84 Å². The summed E-state index contributed by atoms with van der Waals surface area (Å²) in [6.45, 7) is 3.73. The maximum Gasteiger partial charge on any atom is 0.152 e. The van der Waals surface area contributed by atoms with E-state index in [9.17, 15) is 13.5 Å². The highest BCUT2D eigenvalue weighted by Gasteiger charge is 2.23. The largest absolute Gasteiger partial charge is 0.392 e. The molecular weight excluding hydrogens is 212 g/mol. The van der Waals surface area contributed by atoms with Crippen molar-refractivity contribution < 1.29 is 13.5 Å². The molecule has 0 aromatic heterocycles. The highest BCUT2D eigenvalue weighted by Crippen LogP contribution is 2.13. The predicted octanol–water partition coefficient (Wildman–Crippen LogP) is 2.14. The lowest BCUT2D eigenvalue weighted by Gasteiger charge is -2.16. The number of rotatable bonds is 8. The summed E-state index contributed by atoms with van der Waals surface area (Å²) < 4.78 is 22.3. The Bertz CT molecular complexity index is 247. The number of hydrogen-bond acceptors (Lipinski definition) is 3. The zero-order valence-corrected chi connectivity index (χ0v) is 10.9. The third-order valence-corrected chi connectivity index (χ3v) is 4.49. The number of unbranched alkanes of at least 4 members (excludes halogenated alkanes) is 4. The maximum absolute atomic E-state index is 11.1. The van der Waals surface area contributed by atoms with Crippen LogP contribution in [0.25, 0.3) is 0 Å². The molecule has 3 nitrogen and oxygen atoms in total. The van der Waals surface area contributed by atoms with E-state index in [0.717, 1.165) is 12.8 Å². The summed E-state index contributed by atoms with van der Waals surface area (Å²) >= 11 is 0. The van der Waals surface area contributed by atoms with Crippen LogP contribution in [0.4, 0.5) is 0 Å². The van der Waals surface area contributed by atoms with Crippen LogP contribution in [0.2, 0.25) is 0 Å². The second kappa shape index (κ2) is 7.23. The number of aliphatic hydroxyl groups excluding tert-OH is 1. The summed E-state index contributed by atoms with van der Waals surface area (Å²) in [7, 11) is -3.10. The number of sulfone groups is 1. The van der Waals surface area contributed by atoms with E-state index in [-0.39, 0.29) is 0 Å². The lowest BCUT2D eigenvalue weighted by atomic mass is 10.1. The molecule has 0 saturated heterocycles. The van der Waals surface area contributed by atoms with E-state index in [1.807, 2.05) is 0 Å². The summed E-state index contributed by atoms with van der Waals surface area (Å²) in [5.41, 5.74) is 0. The van der Waals surface area contributed by atoms with Crippen molar-refractivity contribution >= 4 is 9.84 Å². The molecule has 0 aliphatic carbocycles. The van der Waals surface area contributed by atoms with Gasteiger partial charge in [0.05, 0.1) is 11.4 Å². The molecule has 0 aromatic carbocycles. The fourth-order valence-electron chi connectivity index (χ4n) is 1.48. The summed E-state index contributed by atoms with van der Waals surface area (Å²) in [6, 6.07) is 0. The van der Waals surface area contributed by atoms with E-state index in [1.165, 1.54) is 25.5 Å². The lowest BCUT2D eigenvalue weighted by Crippen LogP contribution is -2.30. The first-order chi connectivity index (χ1) is 6.89. The number of aliphatic hydroxyl groups is 1. The smallest absolute Gasteiger partial charge is 0.152 e. The van der Waals surface area contributed by atoms with Gasteiger partial charge in [0.2, 0.25) is 0 Å². The fourth-order valence-corrected chi connectivity index (χ4v) is 2.18. The van der Waals surface area contributed by atoms with Crippen molar-refractivity contribution in [3.05, 3.63) is 0 Å². The van der Waals surface area contributed by atoms with E-state index in [4.69, 9.17) is 0 Å². The van der Waals surface area contributed by atoms with Gasteiger partial charge in [-0.3, -0.25) is 0 Å². The molecule has 1 N–H and O–H groups in total. The van der Waals surface area contributed by atoms with E-state index in [1.54, 1.807) is 6.92 Å². The molecule has 0 radical (unpaired) electrons. The van der Waals surface area contributed by atoms with E-state index < -0.39 is 21.2 Å². The highest BCUT2D eigenvalue weighted by atomic mass is 32.2. The zero-order chi connectivity index (χ0) is 11.9. The summed E-state index contributed by atoms with van der Waals surface area (Å²) in [5, 5.41) is 9.00. The van der Waals surface area contributed by atoms with Crippen molar-refractivity contribution in [2.24, 2.45) is 0 Å². The molecule has 0 bridgehead atoms. The zero-order valence-electron chi connectivity index (χ0n) is 10.1. The minimum Gasteiger partial charge on any atom is -0.392 e. The average Bonchev–Trinajstić information content (AvgIpc) is 2.14. The van der Waals surface area contributed by atoms with E-state index >= 15 is 0 Å². The Hall–Kier alpha value is -0.0900. The van der Waals surface area contributed by atoms with Gasteiger partial charge >= 0.3 is 0 Å². The van der Waals surface area contributed by atoms with Crippen molar-refractivity contribution in [2.45, 2.75) is 63.7 Å². The molecule has 4 heteroatoms. The van der Waals surface area contributed by atoms with Gasteiger partial charge in [0.25, 0.3) is 0 Å². The minimum absolute atomic E-state index is 0.595. The minimum atomic E-state index is -3.10. The van der Waals surface area contributed by atoms with Crippen LogP contribution in [0.3, 0.4) is 0 Å². The lowest BCUT2D eigenvalue weighted by molar-refractivity contribution is 0.159. The summed E-state index contributed by atoms with van der Waals surface area (Å²) in [5.74, 6) is 0. The number of hydrogen-bond donors (Lipinski definition) is 1. The summed E-state index contributed by atoms with van der Waals surface area (Å²) in [6.07, 6.45) is 6.66. The summed E-state index contributed by atoms with van der Waals surface area (Å²) in [4.78, 5) is 0. The molecule has 0 aromatic rings. The van der Waals surface area contributed by atoms with Gasteiger partial charge < -0.3 is 5.11 Å². The Morgan fingerprint density at radius 3 is 2.13 bits per heavy atom. The van der Waals surface area contributed by atoms with Crippen molar-refractivity contribution in [3.63, 3.8) is 0 Å².